The van der Waals surface area contributed by atoms with E-state index in [1.54, 1.807) is 5.43 Å². The van der Waals surface area contributed by atoms with Crippen LogP contribution in [0.4, 0.5) is 0 Å². The molecule has 0 atom stereocenters. The van der Waals surface area contributed by atoms with Gasteiger partial charge >= 0.3 is 0 Å². The van der Waals surface area contributed by atoms with Crippen LogP contribution in [0.2, 0.25) is 0 Å². The highest BCUT2D eigenvalue weighted by Crippen LogP contribution is 1.45. The normalized spacial score (nSPS) is 7.50. The van der Waals surface area contributed by atoms with Gasteiger partial charge in [0.15, 0.2) is 5.03 Å². The fourth-order valence-electron chi connectivity index (χ4n) is 0.0745. The Morgan fingerprint density at radius 3 is 2.50 bits per heavy atom. The van der Waals surface area contributed by atoms with Crippen molar-refractivity contribution in [3.63, 3.8) is 0 Å². The first kappa shape index (κ1) is 5.16. The van der Waals surface area contributed by atoms with Gasteiger partial charge in [0.2, 0.25) is 0 Å². The lowest BCUT2D eigenvalue weighted by Crippen LogP contribution is -2.27. The summed E-state index contributed by atoms with van der Waals surface area (Å²) in [4.78, 5) is 9.21. The third-order valence-electron chi connectivity index (χ3n) is 0.220. The van der Waals surface area contributed by atoms with E-state index in [2.05, 4.69) is 5.73 Å². The zero-order valence-corrected chi connectivity index (χ0v) is 3.05. The van der Waals surface area contributed by atoms with Crippen molar-refractivity contribution in [2.75, 3.05) is 6.67 Å². The van der Waals surface area contributed by atoms with Crippen molar-refractivity contribution in [1.29, 1.82) is 0 Å². The van der Waals surface area contributed by atoms with E-state index in [1.807, 2.05) is 0 Å². The number of rotatable bonds is 2. The van der Waals surface area contributed by atoms with E-state index >= 15 is 0 Å². The van der Waals surface area contributed by atoms with Crippen LogP contribution < -0.4 is 11.2 Å². The van der Waals surface area contributed by atoms with Gasteiger partial charge in [-0.1, -0.05) is 0 Å². The number of hydrogen-bond donors (Lipinski definition) is 2. The minimum absolute atomic E-state index is 0.118. The van der Waals surface area contributed by atoms with E-state index in [9.17, 15) is 10.1 Å². The number of hydrogen-bond acceptors (Lipinski definition) is 3. The summed E-state index contributed by atoms with van der Waals surface area (Å²) in [5, 5.41) is 8.52. The molecule has 0 saturated carbocycles. The second kappa shape index (κ2) is 2.40. The van der Waals surface area contributed by atoms with Gasteiger partial charge in [-0.15, -0.1) is 5.43 Å². The highest BCUT2D eigenvalue weighted by Gasteiger charge is 1.81. The zero-order valence-electron chi connectivity index (χ0n) is 3.05. The monoisotopic (exact) mass is 91.0 g/mol. The Bertz CT molecular complexity index is 52.8. The zero-order chi connectivity index (χ0) is 4.99. The van der Waals surface area contributed by atoms with Gasteiger partial charge in [0.1, 0.15) is 6.67 Å². The van der Waals surface area contributed by atoms with Crippen LogP contribution in [0.1, 0.15) is 0 Å². The molecule has 0 bridgehead atoms. The molecular weight excluding hydrogens is 86.0 g/mol. The molecule has 0 aromatic carbocycles. The molecule has 3 N–H and O–H groups in total. The van der Waals surface area contributed by atoms with Crippen LogP contribution in [0.3, 0.4) is 0 Å². The third kappa shape index (κ3) is 3.16. The third-order valence-corrected chi connectivity index (χ3v) is 0.220. The Morgan fingerprint density at radius 2 is 2.50 bits per heavy atom. The molecule has 0 aromatic heterocycles. The van der Waals surface area contributed by atoms with Gasteiger partial charge in [-0.2, -0.15) is 0 Å². The first-order valence-electron chi connectivity index (χ1n) is 1.35. The second-order valence-corrected chi connectivity index (χ2v) is 0.619. The van der Waals surface area contributed by atoms with E-state index in [0.29, 0.717) is 0 Å². The highest BCUT2D eigenvalue weighted by molar-refractivity contribution is 4.07. The average molecular weight is 91.1 g/mol. The van der Waals surface area contributed by atoms with Gasteiger partial charge in [-0.3, -0.25) is 0 Å². The van der Waals surface area contributed by atoms with Crippen molar-refractivity contribution in [3.05, 3.63) is 10.1 Å². The number of nitro groups is 1. The average Bonchev–Trinajstić information content (AvgIpc) is 1.35. The smallest absolute Gasteiger partial charge is 0.158 e. The minimum atomic E-state index is -0.694. The Labute approximate surface area is 34.3 Å². The summed E-state index contributed by atoms with van der Waals surface area (Å²) in [6.45, 7) is -0.118. The topological polar surface area (TPSA) is 81.2 Å². The number of nitrogens with zero attached hydrogens (tertiary/aromatic N) is 1. The molecule has 0 fully saturated rings. The molecule has 0 amide bonds. The Hall–Kier alpha value is -0.840. The number of nitrogens with two attached hydrogens (primary N) is 1. The Balaban J connectivity index is 2.83. The maximum absolute atomic E-state index is 9.21. The van der Waals surface area contributed by atoms with Crippen LogP contribution in [-0.2, 0) is 0 Å². The molecule has 0 aromatic rings. The van der Waals surface area contributed by atoms with E-state index in [1.165, 1.54) is 0 Å². The molecule has 5 heteroatoms. The maximum Gasteiger partial charge on any atom is 0.158 e. The van der Waals surface area contributed by atoms with E-state index in [0.717, 1.165) is 0 Å². The van der Waals surface area contributed by atoms with E-state index in [-0.39, 0.29) is 6.67 Å². The van der Waals surface area contributed by atoms with Gasteiger partial charge in [-0.05, 0) is 0 Å². The molecule has 0 saturated heterocycles. The van der Waals surface area contributed by atoms with E-state index in [4.69, 9.17) is 0 Å². The number of hydrazine groups is 1. The summed E-state index contributed by atoms with van der Waals surface area (Å²) in [7, 11) is 0. The molecule has 0 aliphatic heterocycles. The molecule has 5 nitrogen and oxygen atoms in total. The minimum Gasteiger partial charge on any atom is -0.309 e. The van der Waals surface area contributed by atoms with Gasteiger partial charge in [0.05, 0.1) is 0 Å². The number of nitrogens with one attached hydrogen (secondary N) is 1. The summed E-state index contributed by atoms with van der Waals surface area (Å²) >= 11 is 0. The standard InChI is InChI=1S/CH5N3O2/c2-1-3-4(5)6/h3H,1-2H2. The SMILES string of the molecule is NCN[N+](=O)[O-]. The Kier molecular flexibility index (Phi) is 2.06. The van der Waals surface area contributed by atoms with Crippen LogP contribution in [-0.4, -0.2) is 11.7 Å². The quantitative estimate of drug-likeness (QED) is 0.251. The van der Waals surface area contributed by atoms with Gasteiger partial charge in [0.25, 0.3) is 0 Å². The van der Waals surface area contributed by atoms with Gasteiger partial charge in [-0.25, -0.2) is 10.1 Å². The van der Waals surface area contributed by atoms with E-state index < -0.39 is 5.03 Å². The summed E-state index contributed by atoms with van der Waals surface area (Å²) < 4.78 is 0. The predicted octanol–water partition coefficient (Wildman–Crippen LogP) is -1.32. The highest BCUT2D eigenvalue weighted by atomic mass is 16.7. The van der Waals surface area contributed by atoms with Crippen molar-refractivity contribution < 1.29 is 5.03 Å². The predicted molar refractivity (Wildman–Crippen MR) is 19.2 cm³/mol. The molecule has 0 spiro atoms. The van der Waals surface area contributed by atoms with Crippen molar-refractivity contribution in [2.24, 2.45) is 5.73 Å². The fraction of sp³-hybridized carbons (Fsp3) is 1.00. The Morgan fingerprint density at radius 1 is 2.00 bits per heavy atom. The molecular formula is CH5N3O2. The molecule has 6 heavy (non-hydrogen) atoms. The van der Waals surface area contributed by atoms with Crippen LogP contribution in [0.5, 0.6) is 0 Å². The molecule has 0 heterocycles. The van der Waals surface area contributed by atoms with Crippen molar-refractivity contribution in [3.8, 4) is 0 Å². The van der Waals surface area contributed by atoms with Crippen LogP contribution in [0, 0.1) is 10.1 Å². The van der Waals surface area contributed by atoms with Gasteiger partial charge in [0, 0.05) is 0 Å². The fourth-order valence-corrected chi connectivity index (χ4v) is 0.0745. The summed E-state index contributed by atoms with van der Waals surface area (Å²) in [6.07, 6.45) is 0. The maximum atomic E-state index is 9.21. The van der Waals surface area contributed by atoms with Gasteiger partial charge < -0.3 is 5.73 Å². The lowest BCUT2D eigenvalue weighted by Gasteiger charge is -1.84. The summed E-state index contributed by atoms with van der Waals surface area (Å²) in [5.41, 5.74) is 6.38. The van der Waals surface area contributed by atoms with Crippen LogP contribution in [0.25, 0.3) is 0 Å². The molecule has 0 aliphatic rings. The first-order chi connectivity index (χ1) is 2.77. The molecule has 0 unspecified atom stereocenters. The lowest BCUT2D eigenvalue weighted by molar-refractivity contribution is -0.543. The van der Waals surface area contributed by atoms with Crippen molar-refractivity contribution in [2.45, 2.75) is 0 Å². The van der Waals surface area contributed by atoms with Crippen LogP contribution >= 0.6 is 0 Å². The van der Waals surface area contributed by atoms with Crippen LogP contribution in [0.15, 0.2) is 0 Å². The molecule has 0 radical (unpaired) electrons. The first-order valence-corrected chi connectivity index (χ1v) is 1.35. The largest absolute Gasteiger partial charge is 0.309 e. The molecule has 36 valence electrons. The molecule has 0 aliphatic carbocycles. The van der Waals surface area contributed by atoms with Crippen molar-refractivity contribution in [1.82, 2.24) is 5.43 Å². The summed E-state index contributed by atoms with van der Waals surface area (Å²) in [6, 6.07) is 0. The van der Waals surface area contributed by atoms with Crippen molar-refractivity contribution >= 4 is 0 Å². The lowest BCUT2D eigenvalue weighted by atomic mass is 11.2. The summed E-state index contributed by atoms with van der Waals surface area (Å²) in [5.74, 6) is 0. The molecule has 0 rings (SSSR count). The second-order valence-electron chi connectivity index (χ2n) is 0.619.